The molecule has 8 nitrogen and oxygen atoms in total. The third-order valence-electron chi connectivity index (χ3n) is 4.46. The molecule has 1 heterocycles. The molecule has 8 heteroatoms. The van der Waals surface area contributed by atoms with Crippen LogP contribution in [-0.2, 0) is 14.3 Å². The molecule has 0 aromatic heterocycles. The maximum absolute atomic E-state index is 12.6. The van der Waals surface area contributed by atoms with Crippen molar-refractivity contribution in [3.63, 3.8) is 0 Å². The number of anilines is 1. The lowest BCUT2D eigenvalue weighted by atomic mass is 9.91. The van der Waals surface area contributed by atoms with Crippen molar-refractivity contribution >= 4 is 17.7 Å². The van der Waals surface area contributed by atoms with E-state index in [2.05, 4.69) is 0 Å². The third kappa shape index (κ3) is 4.44. The van der Waals surface area contributed by atoms with E-state index >= 15 is 0 Å². The minimum Gasteiger partial charge on any atom is -0.493 e. The van der Waals surface area contributed by atoms with Crippen molar-refractivity contribution in [3.8, 4) is 11.5 Å². The summed E-state index contributed by atoms with van der Waals surface area (Å²) in [6.45, 7) is 4.20. The summed E-state index contributed by atoms with van der Waals surface area (Å²) in [6, 6.07) is 2.04. The second-order valence-electron chi connectivity index (χ2n) is 6.21. The van der Waals surface area contributed by atoms with E-state index in [1.54, 1.807) is 19.1 Å². The van der Waals surface area contributed by atoms with Crippen molar-refractivity contribution in [1.82, 2.24) is 0 Å². The van der Waals surface area contributed by atoms with Gasteiger partial charge < -0.3 is 24.7 Å². The minimum atomic E-state index is -0.860. The Hall–Kier alpha value is -2.48. The molecule has 1 aromatic rings. The van der Waals surface area contributed by atoms with Crippen LogP contribution in [0.15, 0.2) is 12.1 Å². The molecule has 0 spiro atoms. The normalized spacial score (nSPS) is 18.5. The molecule has 2 N–H and O–H groups in total. The maximum Gasteiger partial charge on any atom is 0.415 e. The van der Waals surface area contributed by atoms with Crippen LogP contribution in [0.1, 0.15) is 44.7 Å². The number of esters is 1. The Balaban J connectivity index is 2.47. The summed E-state index contributed by atoms with van der Waals surface area (Å²) in [6.07, 6.45) is 1.26. The number of fused-ring (bicyclic) bond motifs is 1. The van der Waals surface area contributed by atoms with Crippen molar-refractivity contribution in [2.75, 3.05) is 32.3 Å². The Morgan fingerprint density at radius 1 is 1.15 bits per heavy atom. The average molecular weight is 380 g/mol. The molecule has 1 aliphatic rings. The van der Waals surface area contributed by atoms with Gasteiger partial charge in [0.2, 0.25) is 0 Å². The average Bonchev–Trinajstić information content (AvgIpc) is 2.66. The van der Waals surface area contributed by atoms with E-state index in [9.17, 15) is 9.59 Å². The lowest BCUT2D eigenvalue weighted by Gasteiger charge is -2.38. The van der Waals surface area contributed by atoms with E-state index in [1.807, 2.05) is 6.92 Å². The number of rotatable bonds is 7. The topological polar surface area (TPSA) is 100 Å². The first-order valence-electron chi connectivity index (χ1n) is 9.12. The molecule has 1 aromatic carbocycles. The number of methoxy groups -OCH3 is 2. The molecule has 0 radical (unpaired) electrons. The standard InChI is InChI=1S/C19H28N2O6/c1-5-7-8-27-18(22)15-10-13(20)12-9-16(24-3)17(25-4)11-14(12)21(15)19(23)26-6-2/h9,11,13,15H,5-8,10,20H2,1-4H3/t13-,15-/m1/s1. The smallest absolute Gasteiger partial charge is 0.415 e. The Morgan fingerprint density at radius 2 is 1.81 bits per heavy atom. The predicted molar refractivity (Wildman–Crippen MR) is 100 cm³/mol. The van der Waals surface area contributed by atoms with E-state index in [1.165, 1.54) is 19.1 Å². The Kier molecular flexibility index (Phi) is 7.29. The maximum atomic E-state index is 12.6. The number of benzene rings is 1. The highest BCUT2D eigenvalue weighted by molar-refractivity contribution is 5.98. The van der Waals surface area contributed by atoms with Crippen LogP contribution in [0.25, 0.3) is 0 Å². The van der Waals surface area contributed by atoms with Gasteiger partial charge >= 0.3 is 12.1 Å². The quantitative estimate of drug-likeness (QED) is 0.573. The number of hydrogen-bond acceptors (Lipinski definition) is 7. The zero-order valence-electron chi connectivity index (χ0n) is 16.3. The first kappa shape index (κ1) is 20.8. The summed E-state index contributed by atoms with van der Waals surface area (Å²) in [5.41, 5.74) is 7.44. The molecular weight excluding hydrogens is 352 g/mol. The molecule has 0 unspecified atom stereocenters. The SMILES string of the molecule is CCCCOC(=O)[C@H]1C[C@@H](N)c2cc(OC)c(OC)cc2N1C(=O)OCC. The molecule has 0 fully saturated rings. The predicted octanol–water partition coefficient (Wildman–Crippen LogP) is 2.78. The number of nitrogens with zero attached hydrogens (tertiary/aromatic N) is 1. The Morgan fingerprint density at radius 3 is 2.41 bits per heavy atom. The zero-order valence-corrected chi connectivity index (χ0v) is 16.3. The van der Waals surface area contributed by atoms with Crippen molar-refractivity contribution < 1.29 is 28.5 Å². The van der Waals surface area contributed by atoms with Gasteiger partial charge in [0.1, 0.15) is 6.04 Å². The number of amides is 1. The highest BCUT2D eigenvalue weighted by Crippen LogP contribution is 2.43. The number of nitrogens with two attached hydrogens (primary N) is 1. The lowest BCUT2D eigenvalue weighted by Crippen LogP contribution is -2.51. The van der Waals surface area contributed by atoms with Gasteiger partial charge in [-0.15, -0.1) is 0 Å². The van der Waals surface area contributed by atoms with E-state index in [4.69, 9.17) is 24.7 Å². The van der Waals surface area contributed by atoms with E-state index in [0.717, 1.165) is 12.8 Å². The number of carbonyl (C=O) groups excluding carboxylic acids is 2. The second-order valence-corrected chi connectivity index (χ2v) is 6.21. The molecule has 0 bridgehead atoms. The monoisotopic (exact) mass is 380 g/mol. The first-order chi connectivity index (χ1) is 13.0. The Labute approximate surface area is 159 Å². The fraction of sp³-hybridized carbons (Fsp3) is 0.579. The van der Waals surface area contributed by atoms with Crippen LogP contribution in [-0.4, -0.2) is 45.5 Å². The van der Waals surface area contributed by atoms with Crippen molar-refractivity contribution in [2.24, 2.45) is 5.73 Å². The molecule has 0 saturated carbocycles. The van der Waals surface area contributed by atoms with Gasteiger partial charge in [-0.3, -0.25) is 4.90 Å². The number of hydrogen-bond donors (Lipinski definition) is 1. The van der Waals surface area contributed by atoms with Crippen LogP contribution in [0, 0.1) is 0 Å². The number of unbranched alkanes of at least 4 members (excludes halogenated alkanes) is 1. The molecular formula is C19H28N2O6. The van der Waals surface area contributed by atoms with Gasteiger partial charge in [0, 0.05) is 12.1 Å². The third-order valence-corrected chi connectivity index (χ3v) is 4.46. The van der Waals surface area contributed by atoms with Crippen molar-refractivity contribution in [3.05, 3.63) is 17.7 Å². The molecule has 1 amide bonds. The highest BCUT2D eigenvalue weighted by Gasteiger charge is 2.41. The Bertz CT molecular complexity index is 678. The number of carbonyl (C=O) groups is 2. The van der Waals surface area contributed by atoms with Gasteiger partial charge in [-0.05, 0) is 31.4 Å². The summed E-state index contributed by atoms with van der Waals surface area (Å²) in [7, 11) is 3.02. The minimum absolute atomic E-state index is 0.182. The molecule has 1 aliphatic heterocycles. The van der Waals surface area contributed by atoms with Gasteiger partial charge in [0.15, 0.2) is 11.5 Å². The van der Waals surface area contributed by atoms with Crippen LogP contribution in [0.4, 0.5) is 10.5 Å². The van der Waals surface area contributed by atoms with Gasteiger partial charge in [0.05, 0.1) is 33.1 Å². The molecule has 0 saturated heterocycles. The molecule has 0 aliphatic carbocycles. The summed E-state index contributed by atoms with van der Waals surface area (Å²) < 4.78 is 21.2. The first-order valence-corrected chi connectivity index (χ1v) is 9.12. The molecule has 150 valence electrons. The highest BCUT2D eigenvalue weighted by atomic mass is 16.6. The van der Waals surface area contributed by atoms with Crippen LogP contribution in [0.2, 0.25) is 0 Å². The van der Waals surface area contributed by atoms with Crippen molar-refractivity contribution in [2.45, 2.75) is 45.2 Å². The van der Waals surface area contributed by atoms with E-state index in [-0.39, 0.29) is 13.0 Å². The number of ether oxygens (including phenoxy) is 4. The van der Waals surface area contributed by atoms with Crippen LogP contribution >= 0.6 is 0 Å². The van der Waals surface area contributed by atoms with E-state index < -0.39 is 24.1 Å². The summed E-state index contributed by atoms with van der Waals surface area (Å²) >= 11 is 0. The van der Waals surface area contributed by atoms with Crippen LogP contribution < -0.4 is 20.1 Å². The summed E-state index contributed by atoms with van der Waals surface area (Å²) in [4.78, 5) is 26.6. The zero-order chi connectivity index (χ0) is 20.0. The van der Waals surface area contributed by atoms with Gasteiger partial charge in [-0.2, -0.15) is 0 Å². The molecule has 2 rings (SSSR count). The molecule has 27 heavy (non-hydrogen) atoms. The van der Waals surface area contributed by atoms with Crippen molar-refractivity contribution in [1.29, 1.82) is 0 Å². The fourth-order valence-corrected chi connectivity index (χ4v) is 3.06. The molecule has 2 atom stereocenters. The van der Waals surface area contributed by atoms with Gasteiger partial charge in [0.25, 0.3) is 0 Å². The summed E-state index contributed by atoms with van der Waals surface area (Å²) in [5, 5.41) is 0. The van der Waals surface area contributed by atoms with Crippen LogP contribution in [0.3, 0.4) is 0 Å². The van der Waals surface area contributed by atoms with E-state index in [0.29, 0.717) is 29.4 Å². The summed E-state index contributed by atoms with van der Waals surface area (Å²) in [5.74, 6) is 0.435. The lowest BCUT2D eigenvalue weighted by molar-refractivity contribution is -0.145. The largest absolute Gasteiger partial charge is 0.493 e. The van der Waals surface area contributed by atoms with Gasteiger partial charge in [-0.25, -0.2) is 9.59 Å². The van der Waals surface area contributed by atoms with Gasteiger partial charge in [-0.1, -0.05) is 13.3 Å². The second kappa shape index (κ2) is 9.45. The van der Waals surface area contributed by atoms with Crippen LogP contribution in [0.5, 0.6) is 11.5 Å². The fourth-order valence-electron chi connectivity index (χ4n) is 3.06.